The first kappa shape index (κ1) is 23.5. The van der Waals surface area contributed by atoms with Crippen molar-refractivity contribution in [2.24, 2.45) is 11.7 Å². The Bertz CT molecular complexity index is 579. The molecule has 2 fully saturated rings. The molecule has 1 saturated heterocycles. The van der Waals surface area contributed by atoms with Crippen LogP contribution in [0.25, 0.3) is 0 Å². The lowest BCUT2D eigenvalue weighted by Gasteiger charge is -2.40. The zero-order valence-electron chi connectivity index (χ0n) is 15.3. The maximum atomic E-state index is 12.7. The van der Waals surface area contributed by atoms with Crippen LogP contribution in [0, 0.1) is 5.92 Å². The Morgan fingerprint density at radius 3 is 2.42 bits per heavy atom. The highest BCUT2D eigenvalue weighted by atomic mass is 35.5. The van der Waals surface area contributed by atoms with E-state index >= 15 is 0 Å². The second-order valence-electron chi connectivity index (χ2n) is 7.18. The van der Waals surface area contributed by atoms with Crippen molar-refractivity contribution in [1.82, 2.24) is 9.80 Å². The number of nitrogens with zero attached hydrogens (tertiary/aromatic N) is 2. The summed E-state index contributed by atoms with van der Waals surface area (Å²) in [7, 11) is 0. The van der Waals surface area contributed by atoms with E-state index < -0.39 is 0 Å². The summed E-state index contributed by atoms with van der Waals surface area (Å²) in [6.07, 6.45) is 4.01. The van der Waals surface area contributed by atoms with Gasteiger partial charge in [0, 0.05) is 49.2 Å². The van der Waals surface area contributed by atoms with Crippen LogP contribution in [0.15, 0.2) is 24.3 Å². The summed E-state index contributed by atoms with van der Waals surface area (Å²) in [5.74, 6) is 0.455. The van der Waals surface area contributed by atoms with E-state index in [1.54, 1.807) is 0 Å². The van der Waals surface area contributed by atoms with E-state index in [4.69, 9.17) is 17.3 Å². The molecule has 1 amide bonds. The Morgan fingerprint density at radius 1 is 1.15 bits per heavy atom. The summed E-state index contributed by atoms with van der Waals surface area (Å²) in [6, 6.07) is 8.51. The third kappa shape index (κ3) is 5.49. The molecule has 0 spiro atoms. The third-order valence-corrected chi connectivity index (χ3v) is 5.94. The molecule has 1 heterocycles. The van der Waals surface area contributed by atoms with Gasteiger partial charge in [-0.3, -0.25) is 9.69 Å². The van der Waals surface area contributed by atoms with Crippen LogP contribution in [0.4, 0.5) is 0 Å². The summed E-state index contributed by atoms with van der Waals surface area (Å²) in [4.78, 5) is 17.2. The summed E-state index contributed by atoms with van der Waals surface area (Å²) < 4.78 is 0. The predicted octanol–water partition coefficient (Wildman–Crippen LogP) is 3.91. The van der Waals surface area contributed by atoms with Crippen LogP contribution in [-0.4, -0.2) is 47.9 Å². The van der Waals surface area contributed by atoms with E-state index in [-0.39, 0.29) is 42.8 Å². The van der Waals surface area contributed by atoms with E-state index in [1.165, 1.54) is 0 Å². The molecule has 1 saturated carbocycles. The van der Waals surface area contributed by atoms with Crippen molar-refractivity contribution in [3.63, 3.8) is 0 Å². The van der Waals surface area contributed by atoms with Crippen LogP contribution < -0.4 is 5.73 Å². The molecular formula is C19H30Cl3N3O. The fraction of sp³-hybridized carbons (Fsp3) is 0.632. The lowest BCUT2D eigenvalue weighted by atomic mass is 9.85. The lowest BCUT2D eigenvalue weighted by Crippen LogP contribution is -2.51. The molecule has 1 aliphatic carbocycles. The van der Waals surface area contributed by atoms with Gasteiger partial charge in [-0.15, -0.1) is 24.8 Å². The van der Waals surface area contributed by atoms with Gasteiger partial charge in [-0.25, -0.2) is 0 Å². The van der Waals surface area contributed by atoms with Crippen LogP contribution in [0.2, 0.25) is 5.02 Å². The highest BCUT2D eigenvalue weighted by molar-refractivity contribution is 6.31. The molecule has 2 N–H and O–H groups in total. The lowest BCUT2D eigenvalue weighted by molar-refractivity contribution is -0.138. The molecule has 3 atom stereocenters. The van der Waals surface area contributed by atoms with E-state index in [9.17, 15) is 4.79 Å². The topological polar surface area (TPSA) is 49.6 Å². The van der Waals surface area contributed by atoms with Gasteiger partial charge < -0.3 is 10.6 Å². The fourth-order valence-corrected chi connectivity index (χ4v) is 4.34. The monoisotopic (exact) mass is 421 g/mol. The van der Waals surface area contributed by atoms with Crippen molar-refractivity contribution >= 4 is 42.3 Å². The molecule has 148 valence electrons. The van der Waals surface area contributed by atoms with Crippen molar-refractivity contribution in [2.45, 2.75) is 44.7 Å². The summed E-state index contributed by atoms with van der Waals surface area (Å²) in [5, 5.41) is 0.819. The maximum absolute atomic E-state index is 12.7. The van der Waals surface area contributed by atoms with Gasteiger partial charge in [-0.05, 0) is 37.8 Å². The van der Waals surface area contributed by atoms with Gasteiger partial charge >= 0.3 is 0 Å². The Kier molecular flexibility index (Phi) is 9.70. The molecule has 0 aromatic heterocycles. The van der Waals surface area contributed by atoms with E-state index in [2.05, 4.69) is 17.9 Å². The van der Waals surface area contributed by atoms with Gasteiger partial charge in [0.25, 0.3) is 0 Å². The van der Waals surface area contributed by atoms with Crippen molar-refractivity contribution in [3.05, 3.63) is 34.9 Å². The van der Waals surface area contributed by atoms with Gasteiger partial charge in [0.1, 0.15) is 0 Å². The minimum Gasteiger partial charge on any atom is -0.340 e. The number of rotatable bonds is 3. The first-order chi connectivity index (χ1) is 11.6. The molecule has 1 aromatic carbocycles. The highest BCUT2D eigenvalue weighted by Gasteiger charge is 2.31. The zero-order valence-corrected chi connectivity index (χ0v) is 17.7. The largest absolute Gasteiger partial charge is 0.340 e. The number of halogens is 3. The number of hydrogen-bond donors (Lipinski definition) is 1. The van der Waals surface area contributed by atoms with E-state index in [0.29, 0.717) is 5.91 Å². The predicted molar refractivity (Wildman–Crippen MR) is 112 cm³/mol. The van der Waals surface area contributed by atoms with Gasteiger partial charge in [-0.1, -0.05) is 36.2 Å². The fourth-order valence-electron chi connectivity index (χ4n) is 4.05. The molecule has 1 aromatic rings. The molecule has 3 unspecified atom stereocenters. The quantitative estimate of drug-likeness (QED) is 0.803. The SMILES string of the molecule is CC(c1ccccc1Cl)N1CCN(C(=O)C2CCCC(N)C2)CC1.Cl.Cl. The average Bonchev–Trinajstić information content (AvgIpc) is 2.61. The summed E-state index contributed by atoms with van der Waals surface area (Å²) in [5.41, 5.74) is 7.21. The molecular weight excluding hydrogens is 393 g/mol. The molecule has 26 heavy (non-hydrogen) atoms. The van der Waals surface area contributed by atoms with Crippen LogP contribution in [0.1, 0.15) is 44.2 Å². The molecule has 2 aliphatic rings. The molecule has 7 heteroatoms. The van der Waals surface area contributed by atoms with Crippen LogP contribution in [0.5, 0.6) is 0 Å². The van der Waals surface area contributed by atoms with Crippen molar-refractivity contribution in [1.29, 1.82) is 0 Å². The van der Waals surface area contributed by atoms with E-state index in [1.807, 2.05) is 23.1 Å². The Balaban J connectivity index is 0.00000169. The second-order valence-corrected chi connectivity index (χ2v) is 7.59. The van der Waals surface area contributed by atoms with Crippen molar-refractivity contribution in [3.8, 4) is 0 Å². The second kappa shape index (κ2) is 10.7. The minimum atomic E-state index is 0. The number of nitrogens with two attached hydrogens (primary N) is 1. The average molecular weight is 423 g/mol. The van der Waals surface area contributed by atoms with Gasteiger partial charge in [-0.2, -0.15) is 0 Å². The Hall–Kier alpha value is -0.520. The molecule has 4 nitrogen and oxygen atoms in total. The number of piperazine rings is 1. The first-order valence-corrected chi connectivity index (χ1v) is 9.47. The number of carbonyl (C=O) groups excluding carboxylic acids is 1. The molecule has 0 radical (unpaired) electrons. The van der Waals surface area contributed by atoms with Crippen LogP contribution in [0.3, 0.4) is 0 Å². The maximum Gasteiger partial charge on any atom is 0.225 e. The van der Waals surface area contributed by atoms with Crippen LogP contribution >= 0.6 is 36.4 Å². The molecule has 3 rings (SSSR count). The third-order valence-electron chi connectivity index (χ3n) is 5.59. The number of benzene rings is 1. The summed E-state index contributed by atoms with van der Waals surface area (Å²) >= 11 is 6.33. The number of carbonyl (C=O) groups is 1. The molecule has 0 bridgehead atoms. The van der Waals surface area contributed by atoms with Crippen molar-refractivity contribution < 1.29 is 4.79 Å². The first-order valence-electron chi connectivity index (χ1n) is 9.09. The van der Waals surface area contributed by atoms with Gasteiger partial charge in [0.2, 0.25) is 5.91 Å². The number of amides is 1. The van der Waals surface area contributed by atoms with Gasteiger partial charge in [0.05, 0.1) is 0 Å². The summed E-state index contributed by atoms with van der Waals surface area (Å²) in [6.45, 7) is 5.60. The minimum absolute atomic E-state index is 0. The van der Waals surface area contributed by atoms with Crippen LogP contribution in [-0.2, 0) is 4.79 Å². The van der Waals surface area contributed by atoms with E-state index in [0.717, 1.165) is 62.4 Å². The Labute approximate surface area is 174 Å². The zero-order chi connectivity index (χ0) is 17.1. The molecule has 1 aliphatic heterocycles. The smallest absolute Gasteiger partial charge is 0.225 e. The number of hydrogen-bond acceptors (Lipinski definition) is 3. The highest BCUT2D eigenvalue weighted by Crippen LogP contribution is 2.29. The van der Waals surface area contributed by atoms with Crippen molar-refractivity contribution in [2.75, 3.05) is 26.2 Å². The normalized spacial score (nSPS) is 25.0. The Morgan fingerprint density at radius 2 is 1.81 bits per heavy atom. The van der Waals surface area contributed by atoms with Gasteiger partial charge in [0.15, 0.2) is 0 Å². The standard InChI is InChI=1S/C19H28ClN3O.2ClH/c1-14(17-7-2-3-8-18(17)20)22-9-11-23(12-10-22)19(24)15-5-4-6-16(21)13-15;;/h2-3,7-8,14-16H,4-6,9-13,21H2,1H3;2*1H.